The first-order chi connectivity index (χ1) is 13.7. The van der Waals surface area contributed by atoms with Crippen LogP contribution < -0.4 is 24.8 Å². The van der Waals surface area contributed by atoms with E-state index in [1.54, 1.807) is 29.4 Å². The van der Waals surface area contributed by atoms with Crippen LogP contribution in [0.4, 0.5) is 4.39 Å². The molecule has 3 aromatic rings. The number of benzene rings is 2. The monoisotopic (exact) mass is 548 g/mol. The second-order valence-electron chi connectivity index (χ2n) is 7.61. The molecule has 31 heavy (non-hydrogen) atoms. The number of halogens is 3. The number of hydrogen-bond acceptors (Lipinski definition) is 0. The second kappa shape index (κ2) is 14.3. The van der Waals surface area contributed by atoms with E-state index < -0.39 is 0 Å². The van der Waals surface area contributed by atoms with E-state index in [1.807, 2.05) is 48.5 Å². The molecule has 0 spiro atoms. The zero-order valence-corrected chi connectivity index (χ0v) is 24.0. The van der Waals surface area contributed by atoms with Crippen molar-refractivity contribution in [3.05, 3.63) is 89.3 Å². The number of hydrogen-bond donors (Lipinski definition) is 0. The molecule has 0 fully saturated rings. The summed E-state index contributed by atoms with van der Waals surface area (Å²) in [6.45, 7) is 13.3. The van der Waals surface area contributed by atoms with Crippen LogP contribution in [0.1, 0.15) is 27.7 Å². The van der Waals surface area contributed by atoms with E-state index in [-0.39, 0.29) is 36.1 Å². The van der Waals surface area contributed by atoms with E-state index in [4.69, 9.17) is 0 Å². The zero-order valence-electron chi connectivity index (χ0n) is 19.0. The predicted molar refractivity (Wildman–Crippen MR) is 122 cm³/mol. The van der Waals surface area contributed by atoms with Gasteiger partial charge in [0.05, 0.1) is 0 Å². The smallest absolute Gasteiger partial charge is 0.121 e. The molecule has 0 saturated heterocycles. The van der Waals surface area contributed by atoms with Crippen LogP contribution in [0, 0.1) is 17.8 Å². The normalized spacial score (nSPS) is 14.4. The molecule has 1 aliphatic carbocycles. The molecular formula is C26H29Cl2FSiZr-2. The van der Waals surface area contributed by atoms with Gasteiger partial charge in [-0.15, -0.1) is 53.6 Å². The predicted octanol–water partition coefficient (Wildman–Crippen LogP) is 1.88. The molecule has 0 bridgehead atoms. The SMILES string of the molecule is CC1=[C-]C(C)C(C)=C1C.C[Si](C)=[Zr+2].Fc1ccccc1-c1c[cH-]c2ccccc12.[Cl-].[Cl-]. The van der Waals surface area contributed by atoms with Crippen molar-refractivity contribution in [1.82, 2.24) is 0 Å². The fourth-order valence-electron chi connectivity index (χ4n) is 3.23. The Hall–Kier alpha value is -0.860. The molecule has 3 aromatic carbocycles. The van der Waals surface area contributed by atoms with Gasteiger partial charge in [-0.05, 0) is 11.6 Å². The van der Waals surface area contributed by atoms with Gasteiger partial charge in [-0.3, -0.25) is 6.08 Å². The standard InChI is InChI=1S/C15H10F.C9H13.C2H6Si.2ClH.Zr/c16-15-8-4-3-7-14(15)13-10-9-11-5-1-2-6-12(11)13;1-6-5-7(2)9(4)8(6)3;1-3-2;;;/h1-10H;6H,1-4H3;1-2H3;2*1H;/q2*-1;;;;+2/p-2. The van der Waals surface area contributed by atoms with Crippen molar-refractivity contribution in [2.45, 2.75) is 40.8 Å². The topological polar surface area (TPSA) is 0 Å². The van der Waals surface area contributed by atoms with Gasteiger partial charge in [0.2, 0.25) is 0 Å². The Morgan fingerprint density at radius 3 is 1.97 bits per heavy atom. The first-order valence-electron chi connectivity index (χ1n) is 9.91. The van der Waals surface area contributed by atoms with Crippen LogP contribution >= 0.6 is 0 Å². The van der Waals surface area contributed by atoms with Crippen LogP contribution in [0.3, 0.4) is 0 Å². The summed E-state index contributed by atoms with van der Waals surface area (Å²) in [4.78, 5) is 0. The summed E-state index contributed by atoms with van der Waals surface area (Å²) in [6, 6.07) is 18.9. The van der Waals surface area contributed by atoms with Crippen molar-refractivity contribution in [2.24, 2.45) is 5.92 Å². The molecule has 1 unspecified atom stereocenters. The minimum Gasteiger partial charge on any atom is -1.00 e. The van der Waals surface area contributed by atoms with Crippen molar-refractivity contribution in [1.29, 1.82) is 0 Å². The van der Waals surface area contributed by atoms with Crippen molar-refractivity contribution < 1.29 is 52.5 Å². The largest absolute Gasteiger partial charge is 1.00 e. The summed E-state index contributed by atoms with van der Waals surface area (Å²) < 4.78 is 13.7. The Balaban J connectivity index is 0.000000516. The van der Waals surface area contributed by atoms with E-state index in [0.717, 1.165) is 16.3 Å². The zero-order chi connectivity index (χ0) is 21.6. The summed E-state index contributed by atoms with van der Waals surface area (Å²) in [5.41, 5.74) is 6.09. The van der Waals surface area contributed by atoms with Gasteiger partial charge < -0.3 is 24.8 Å². The quantitative estimate of drug-likeness (QED) is 0.321. The number of rotatable bonds is 1. The van der Waals surface area contributed by atoms with Crippen LogP contribution in [-0.2, 0) is 23.3 Å². The molecule has 0 nitrogen and oxygen atoms in total. The third kappa shape index (κ3) is 8.54. The third-order valence-electron chi connectivity index (χ3n) is 5.08. The molecular weight excluding hydrogens is 522 g/mol. The fraction of sp³-hybridized carbons (Fsp3) is 0.269. The molecule has 1 atom stereocenters. The van der Waals surface area contributed by atoms with Crippen molar-refractivity contribution in [3.8, 4) is 11.1 Å². The third-order valence-corrected chi connectivity index (χ3v) is 5.08. The van der Waals surface area contributed by atoms with E-state index in [9.17, 15) is 4.39 Å². The van der Waals surface area contributed by atoms with Crippen molar-refractivity contribution >= 4 is 16.2 Å². The molecule has 0 saturated carbocycles. The molecule has 5 heteroatoms. The van der Waals surface area contributed by atoms with Crippen LogP contribution in [0.15, 0.2) is 77.4 Å². The van der Waals surface area contributed by atoms with Gasteiger partial charge in [-0.1, -0.05) is 51.0 Å². The van der Waals surface area contributed by atoms with Gasteiger partial charge in [0.1, 0.15) is 5.82 Å². The Labute approximate surface area is 214 Å². The Kier molecular flexibility index (Phi) is 13.9. The molecule has 4 rings (SSSR count). The molecule has 0 aromatic heterocycles. The Morgan fingerprint density at radius 1 is 0.935 bits per heavy atom. The molecule has 0 heterocycles. The average Bonchev–Trinajstić information content (AvgIpc) is 3.19. The summed E-state index contributed by atoms with van der Waals surface area (Å²) >= 11 is 1.74. The molecule has 0 aliphatic heterocycles. The molecule has 0 radical (unpaired) electrons. The van der Waals surface area contributed by atoms with E-state index in [0.29, 0.717) is 11.5 Å². The van der Waals surface area contributed by atoms with E-state index in [1.165, 1.54) is 22.8 Å². The van der Waals surface area contributed by atoms with Gasteiger partial charge in [0.25, 0.3) is 0 Å². The maximum Gasteiger partial charge on any atom is 0.121 e. The van der Waals surface area contributed by atoms with Crippen molar-refractivity contribution in [2.75, 3.05) is 0 Å². The molecule has 0 N–H and O–H groups in total. The van der Waals surface area contributed by atoms with Gasteiger partial charge >= 0.3 is 41.9 Å². The number of allylic oxidation sites excluding steroid dienone is 4. The summed E-state index contributed by atoms with van der Waals surface area (Å²) in [5.74, 6) is 0.392. The van der Waals surface area contributed by atoms with Gasteiger partial charge in [0, 0.05) is 0 Å². The first-order valence-corrected chi connectivity index (χ1v) is 16.1. The van der Waals surface area contributed by atoms with E-state index in [2.05, 4.69) is 46.9 Å². The summed E-state index contributed by atoms with van der Waals surface area (Å²) in [6.07, 6.45) is 3.36. The molecule has 1 aliphatic rings. The van der Waals surface area contributed by atoms with Gasteiger partial charge in [0.15, 0.2) is 0 Å². The Bertz CT molecular complexity index is 1060. The minimum atomic E-state index is -0.168. The summed E-state index contributed by atoms with van der Waals surface area (Å²) in [7, 11) is 0. The van der Waals surface area contributed by atoms with Crippen LogP contribution in [0.5, 0.6) is 0 Å². The second-order valence-corrected chi connectivity index (χ2v) is 17.0. The fourth-order valence-corrected chi connectivity index (χ4v) is 3.23. The van der Waals surface area contributed by atoms with Crippen molar-refractivity contribution in [3.63, 3.8) is 0 Å². The Morgan fingerprint density at radius 2 is 1.48 bits per heavy atom. The molecule has 164 valence electrons. The van der Waals surface area contributed by atoms with Crippen LogP contribution in [0.25, 0.3) is 21.9 Å². The first kappa shape index (κ1) is 30.1. The summed E-state index contributed by atoms with van der Waals surface area (Å²) in [5, 5.41) is 2.26. The maximum absolute atomic E-state index is 13.7. The number of fused-ring (bicyclic) bond motifs is 1. The van der Waals surface area contributed by atoms with E-state index >= 15 is 0 Å². The van der Waals surface area contributed by atoms with Crippen LogP contribution in [0.2, 0.25) is 13.1 Å². The minimum absolute atomic E-state index is 0. The van der Waals surface area contributed by atoms with Gasteiger partial charge in [-0.2, -0.15) is 11.1 Å². The van der Waals surface area contributed by atoms with Gasteiger partial charge in [-0.25, -0.2) is 9.96 Å². The maximum atomic E-state index is 13.7. The van der Waals surface area contributed by atoms with Crippen LogP contribution in [-0.4, -0.2) is 5.43 Å². The molecule has 0 amide bonds. The average molecular weight is 551 g/mol.